The Kier molecular flexibility index (Phi) is 7.91. The lowest BCUT2D eigenvalue weighted by Gasteiger charge is -2.08. The molecule has 1 aromatic heterocycles. The van der Waals surface area contributed by atoms with Crippen LogP contribution in [0.3, 0.4) is 0 Å². The highest BCUT2D eigenvalue weighted by Crippen LogP contribution is 2.27. The van der Waals surface area contributed by atoms with Crippen molar-refractivity contribution in [2.45, 2.75) is 26.7 Å². The lowest BCUT2D eigenvalue weighted by molar-refractivity contribution is 0.0500. The maximum Gasteiger partial charge on any atom is 0.338 e. The number of ether oxygens (including phenoxy) is 2. The Bertz CT molecular complexity index is 1100. The molecule has 31 heavy (non-hydrogen) atoms. The number of benzene rings is 2. The topological polar surface area (TPSA) is 89.5 Å². The van der Waals surface area contributed by atoms with E-state index in [1.807, 2.05) is 13.8 Å². The van der Waals surface area contributed by atoms with E-state index in [0.717, 1.165) is 23.1 Å². The molecule has 0 saturated heterocycles. The van der Waals surface area contributed by atoms with Gasteiger partial charge in [0.05, 0.1) is 29.0 Å². The molecule has 0 fully saturated rings. The number of rotatable bonds is 8. The molecule has 0 unspecified atom stereocenters. The van der Waals surface area contributed by atoms with Gasteiger partial charge in [-0.1, -0.05) is 30.7 Å². The predicted molar refractivity (Wildman–Crippen MR) is 126 cm³/mol. The molecule has 0 atom stereocenters. The number of carbonyl (C=O) groups excluding carboxylic acids is 2. The van der Waals surface area contributed by atoms with Crippen molar-refractivity contribution in [3.63, 3.8) is 0 Å². The number of anilines is 1. The number of thiazole rings is 1. The van der Waals surface area contributed by atoms with Crippen molar-refractivity contribution in [3.05, 3.63) is 53.6 Å². The Hall–Kier alpha value is -3.04. The number of nitrogens with zero attached hydrogens (tertiary/aromatic N) is 1. The first kappa shape index (κ1) is 22.6. The fourth-order valence-corrected chi connectivity index (χ4v) is 3.86. The molecule has 0 aliphatic rings. The van der Waals surface area contributed by atoms with Gasteiger partial charge in [0.25, 0.3) is 5.91 Å². The molecule has 0 aliphatic carbocycles. The molecule has 1 heterocycles. The first-order chi connectivity index (χ1) is 15.0. The molecule has 0 aliphatic heterocycles. The zero-order chi connectivity index (χ0) is 22.2. The van der Waals surface area contributed by atoms with Gasteiger partial charge in [-0.3, -0.25) is 10.1 Å². The summed E-state index contributed by atoms with van der Waals surface area (Å²) in [6.07, 6.45) is 1.80. The average Bonchev–Trinajstić information content (AvgIpc) is 3.15. The number of thiocarbonyl (C=S) groups is 1. The van der Waals surface area contributed by atoms with Gasteiger partial charge < -0.3 is 14.8 Å². The van der Waals surface area contributed by atoms with E-state index in [-0.39, 0.29) is 17.0 Å². The van der Waals surface area contributed by atoms with Crippen molar-refractivity contribution in [1.82, 2.24) is 10.3 Å². The Morgan fingerprint density at radius 1 is 1.13 bits per heavy atom. The second kappa shape index (κ2) is 10.8. The second-order valence-electron chi connectivity index (χ2n) is 6.56. The summed E-state index contributed by atoms with van der Waals surface area (Å²) in [6, 6.07) is 12.0. The Balaban J connectivity index is 1.63. The fraction of sp³-hybridized carbons (Fsp3) is 0.273. The summed E-state index contributed by atoms with van der Waals surface area (Å²) in [5.74, 6) is -0.0863. The van der Waals surface area contributed by atoms with Crippen molar-refractivity contribution in [3.8, 4) is 5.75 Å². The molecule has 9 heteroatoms. The number of amides is 1. The molecule has 0 radical (unpaired) electrons. The van der Waals surface area contributed by atoms with Crippen LogP contribution in [0, 0.1) is 0 Å². The summed E-state index contributed by atoms with van der Waals surface area (Å²) < 4.78 is 11.5. The summed E-state index contributed by atoms with van der Waals surface area (Å²) in [7, 11) is 0. The minimum absolute atomic E-state index is 0.130. The molecule has 0 bridgehead atoms. The first-order valence-electron chi connectivity index (χ1n) is 9.93. The van der Waals surface area contributed by atoms with Gasteiger partial charge in [-0.25, -0.2) is 9.78 Å². The molecule has 2 N–H and O–H groups in total. The summed E-state index contributed by atoms with van der Waals surface area (Å²) in [4.78, 5) is 29.0. The van der Waals surface area contributed by atoms with Crippen molar-refractivity contribution in [1.29, 1.82) is 0 Å². The van der Waals surface area contributed by atoms with Gasteiger partial charge in [0.2, 0.25) is 0 Å². The van der Waals surface area contributed by atoms with Gasteiger partial charge in [0.1, 0.15) is 5.75 Å². The third-order valence-electron chi connectivity index (χ3n) is 4.21. The van der Waals surface area contributed by atoms with Crippen LogP contribution >= 0.6 is 23.6 Å². The highest BCUT2D eigenvalue weighted by molar-refractivity contribution is 7.80. The molecule has 1 amide bonds. The highest BCUT2D eigenvalue weighted by Gasteiger charge is 2.13. The molecular formula is C22H23N3O4S2. The van der Waals surface area contributed by atoms with E-state index in [1.165, 1.54) is 11.3 Å². The lowest BCUT2D eigenvalue weighted by Crippen LogP contribution is -2.34. The van der Waals surface area contributed by atoms with Gasteiger partial charge in [-0.15, -0.1) is 0 Å². The summed E-state index contributed by atoms with van der Waals surface area (Å²) in [5.41, 5.74) is 1.63. The normalized spacial score (nSPS) is 10.5. The van der Waals surface area contributed by atoms with E-state index < -0.39 is 0 Å². The number of hydrogen-bond acceptors (Lipinski definition) is 7. The number of fused-ring (bicyclic) bond motifs is 1. The van der Waals surface area contributed by atoms with Gasteiger partial charge in [0.15, 0.2) is 10.2 Å². The van der Waals surface area contributed by atoms with E-state index in [9.17, 15) is 9.59 Å². The Morgan fingerprint density at radius 3 is 2.74 bits per heavy atom. The average molecular weight is 458 g/mol. The van der Waals surface area contributed by atoms with Crippen molar-refractivity contribution in [2.75, 3.05) is 18.5 Å². The van der Waals surface area contributed by atoms with Crippen LogP contribution < -0.4 is 15.4 Å². The quantitative estimate of drug-likeness (QED) is 0.286. The molecular weight excluding hydrogens is 434 g/mol. The highest BCUT2D eigenvalue weighted by atomic mass is 32.1. The van der Waals surface area contributed by atoms with Crippen LogP contribution in [-0.2, 0) is 4.74 Å². The number of hydrogen-bond donors (Lipinski definition) is 2. The van der Waals surface area contributed by atoms with Crippen LogP contribution in [0.25, 0.3) is 10.2 Å². The SMILES string of the molecule is CCCCOC(=O)c1ccc2nc(NC(=S)NC(=O)c3cccc(OCC)c3)sc2c1. The van der Waals surface area contributed by atoms with E-state index >= 15 is 0 Å². The van der Waals surface area contributed by atoms with Crippen LogP contribution in [0.15, 0.2) is 42.5 Å². The van der Waals surface area contributed by atoms with E-state index in [2.05, 4.69) is 15.6 Å². The van der Waals surface area contributed by atoms with Crippen molar-refractivity contribution in [2.24, 2.45) is 0 Å². The van der Waals surface area contributed by atoms with E-state index in [1.54, 1.807) is 42.5 Å². The maximum absolute atomic E-state index is 12.4. The molecule has 2 aromatic carbocycles. The van der Waals surface area contributed by atoms with Crippen molar-refractivity contribution < 1.29 is 19.1 Å². The van der Waals surface area contributed by atoms with Crippen LogP contribution in [-0.4, -0.2) is 35.2 Å². The third kappa shape index (κ3) is 6.22. The Morgan fingerprint density at radius 2 is 1.97 bits per heavy atom. The van der Waals surface area contributed by atoms with Gasteiger partial charge in [-0.2, -0.15) is 0 Å². The van der Waals surface area contributed by atoms with E-state index in [0.29, 0.717) is 35.2 Å². The summed E-state index contributed by atoms with van der Waals surface area (Å²) in [6.45, 7) is 4.84. The molecule has 162 valence electrons. The second-order valence-corrected chi connectivity index (χ2v) is 8.00. The zero-order valence-corrected chi connectivity index (χ0v) is 18.9. The molecule has 7 nitrogen and oxygen atoms in total. The molecule has 0 saturated carbocycles. The third-order valence-corrected chi connectivity index (χ3v) is 5.35. The minimum atomic E-state index is -0.352. The lowest BCUT2D eigenvalue weighted by atomic mass is 10.2. The van der Waals surface area contributed by atoms with Gasteiger partial charge >= 0.3 is 5.97 Å². The summed E-state index contributed by atoms with van der Waals surface area (Å²) in [5, 5.41) is 6.20. The van der Waals surface area contributed by atoms with Crippen molar-refractivity contribution >= 4 is 55.9 Å². The van der Waals surface area contributed by atoms with Gasteiger partial charge in [-0.05, 0) is 62.0 Å². The molecule has 3 aromatic rings. The fourth-order valence-electron chi connectivity index (χ4n) is 2.70. The number of aromatic nitrogens is 1. The van der Waals surface area contributed by atoms with Crippen LogP contribution in [0.1, 0.15) is 47.4 Å². The molecule has 0 spiro atoms. The number of nitrogens with one attached hydrogen (secondary N) is 2. The van der Waals surface area contributed by atoms with Crippen LogP contribution in [0.4, 0.5) is 5.13 Å². The maximum atomic E-state index is 12.4. The van der Waals surface area contributed by atoms with Crippen LogP contribution in [0.2, 0.25) is 0 Å². The number of unbranched alkanes of at least 4 members (excludes halogenated alkanes) is 1. The Labute approximate surface area is 189 Å². The minimum Gasteiger partial charge on any atom is -0.494 e. The van der Waals surface area contributed by atoms with Crippen LogP contribution in [0.5, 0.6) is 5.75 Å². The predicted octanol–water partition coefficient (Wildman–Crippen LogP) is 4.78. The number of esters is 1. The monoisotopic (exact) mass is 457 g/mol. The smallest absolute Gasteiger partial charge is 0.338 e. The molecule has 3 rings (SSSR count). The largest absolute Gasteiger partial charge is 0.494 e. The standard InChI is InChI=1S/C22H23N3O4S2/c1-3-5-11-29-20(27)15-9-10-17-18(13-15)31-22(23-17)25-21(30)24-19(26)14-7-6-8-16(12-14)28-4-2/h6-10,12-13H,3-5,11H2,1-2H3,(H2,23,24,25,26,30). The van der Waals surface area contributed by atoms with E-state index in [4.69, 9.17) is 21.7 Å². The zero-order valence-electron chi connectivity index (χ0n) is 17.3. The number of carbonyl (C=O) groups is 2. The summed E-state index contributed by atoms with van der Waals surface area (Å²) >= 11 is 6.57. The first-order valence-corrected chi connectivity index (χ1v) is 11.2. The van der Waals surface area contributed by atoms with Gasteiger partial charge in [0, 0.05) is 5.56 Å².